The summed E-state index contributed by atoms with van der Waals surface area (Å²) in [5, 5.41) is 0. The lowest BCUT2D eigenvalue weighted by Crippen LogP contribution is -2.48. The molecule has 32 heavy (non-hydrogen) atoms. The van der Waals surface area contributed by atoms with Crippen LogP contribution in [0.25, 0.3) is 0 Å². The zero-order valence-electron chi connectivity index (χ0n) is 18.6. The molecule has 1 aliphatic rings. The van der Waals surface area contributed by atoms with Crippen molar-refractivity contribution in [1.29, 1.82) is 0 Å². The molecule has 1 saturated heterocycles. The van der Waals surface area contributed by atoms with Crippen LogP contribution in [0.3, 0.4) is 0 Å². The molecule has 6 nitrogen and oxygen atoms in total. The predicted molar refractivity (Wildman–Crippen MR) is 100 cm³/mol. The molecule has 0 saturated carbocycles. The first kappa shape index (κ1) is 28.0. The summed E-state index contributed by atoms with van der Waals surface area (Å²) in [6, 6.07) is -0.815. The Kier molecular flexibility index (Phi) is 9.01. The molecule has 0 aromatic rings. The predicted octanol–water partition coefficient (Wildman–Crippen LogP) is 5.25. The molecule has 186 valence electrons. The number of nitrogens with zero attached hydrogens (tertiary/aromatic N) is 1. The van der Waals surface area contributed by atoms with Crippen molar-refractivity contribution >= 4 is 18.0 Å². The quantitative estimate of drug-likeness (QED) is 0.353. The van der Waals surface area contributed by atoms with Crippen molar-refractivity contribution in [2.45, 2.75) is 84.3 Å². The number of carbonyl (C=O) groups is 3. The van der Waals surface area contributed by atoms with Gasteiger partial charge in [0.05, 0.1) is 17.9 Å². The fourth-order valence-corrected chi connectivity index (χ4v) is 3.35. The number of esters is 1. The maximum Gasteiger partial charge on any atom is 0.416 e. The molecule has 1 fully saturated rings. The summed E-state index contributed by atoms with van der Waals surface area (Å²) >= 11 is 0. The van der Waals surface area contributed by atoms with Gasteiger partial charge in [-0.3, -0.25) is 9.59 Å². The van der Waals surface area contributed by atoms with Crippen molar-refractivity contribution in [3.05, 3.63) is 0 Å². The van der Waals surface area contributed by atoms with Gasteiger partial charge < -0.3 is 9.47 Å². The Bertz CT molecular complexity index is 683. The molecular weight excluding hydrogens is 448 g/mol. The van der Waals surface area contributed by atoms with Gasteiger partial charge in [-0.05, 0) is 39.5 Å². The second kappa shape index (κ2) is 10.3. The Labute approximate surface area is 182 Å². The number of hydrogen-bond acceptors (Lipinski definition) is 5. The molecule has 0 radical (unpaired) electrons. The summed E-state index contributed by atoms with van der Waals surface area (Å²) in [6.07, 6.45) is -15.5. The van der Waals surface area contributed by atoms with E-state index in [4.69, 9.17) is 9.47 Å². The minimum atomic E-state index is -4.73. The highest BCUT2D eigenvalue weighted by Crippen LogP contribution is 2.36. The van der Waals surface area contributed by atoms with E-state index in [1.165, 1.54) is 20.8 Å². The first-order chi connectivity index (χ1) is 14.3. The van der Waals surface area contributed by atoms with Gasteiger partial charge in [0, 0.05) is 12.8 Å². The van der Waals surface area contributed by atoms with Gasteiger partial charge in [-0.2, -0.15) is 26.3 Å². The summed E-state index contributed by atoms with van der Waals surface area (Å²) in [5.41, 5.74) is -1.15. The van der Waals surface area contributed by atoms with Gasteiger partial charge in [-0.1, -0.05) is 13.8 Å². The lowest BCUT2D eigenvalue weighted by molar-refractivity contribution is -0.172. The number of rotatable bonds is 8. The average Bonchev–Trinajstić information content (AvgIpc) is 2.95. The summed E-state index contributed by atoms with van der Waals surface area (Å²) < 4.78 is 87.4. The number of carbonyl (C=O) groups excluding carboxylic acids is 3. The van der Waals surface area contributed by atoms with Gasteiger partial charge in [0.1, 0.15) is 12.2 Å². The maximum atomic E-state index is 13.2. The van der Waals surface area contributed by atoms with Crippen LogP contribution in [0.15, 0.2) is 0 Å². The van der Waals surface area contributed by atoms with Crippen LogP contribution in [0.1, 0.15) is 60.3 Å². The van der Waals surface area contributed by atoms with Crippen molar-refractivity contribution in [1.82, 2.24) is 4.90 Å². The van der Waals surface area contributed by atoms with Crippen LogP contribution >= 0.6 is 0 Å². The van der Waals surface area contributed by atoms with Crippen molar-refractivity contribution in [3.8, 4) is 0 Å². The van der Waals surface area contributed by atoms with Crippen molar-refractivity contribution in [2.24, 2.45) is 17.8 Å². The number of ether oxygens (including phenoxy) is 2. The summed E-state index contributed by atoms with van der Waals surface area (Å²) in [7, 11) is 0. The molecule has 3 atom stereocenters. The van der Waals surface area contributed by atoms with E-state index in [1.54, 1.807) is 13.8 Å². The third kappa shape index (κ3) is 8.85. The van der Waals surface area contributed by atoms with Crippen molar-refractivity contribution < 1.29 is 50.2 Å². The minimum Gasteiger partial charge on any atom is -0.460 e. The van der Waals surface area contributed by atoms with E-state index in [1.807, 2.05) is 0 Å². The van der Waals surface area contributed by atoms with E-state index in [0.717, 1.165) is 0 Å². The van der Waals surface area contributed by atoms with Crippen LogP contribution in [0.2, 0.25) is 0 Å². The van der Waals surface area contributed by atoms with Gasteiger partial charge in [0.25, 0.3) is 0 Å². The molecule has 0 spiro atoms. The SMILES string of the molecule is CC(C)[C@H]1COC(=O)N1C(=O)[C@H](CCC(F)(F)F)[C@@H](CCC(F)(F)F)C(=O)OC(C)(C)C. The lowest BCUT2D eigenvalue weighted by atomic mass is 9.83. The maximum absolute atomic E-state index is 13.2. The highest BCUT2D eigenvalue weighted by molar-refractivity contribution is 5.96. The zero-order valence-corrected chi connectivity index (χ0v) is 18.6. The molecule has 2 amide bonds. The Morgan fingerprint density at radius 2 is 1.47 bits per heavy atom. The first-order valence-corrected chi connectivity index (χ1v) is 10.2. The van der Waals surface area contributed by atoms with Crippen molar-refractivity contribution in [2.75, 3.05) is 6.61 Å². The number of cyclic esters (lactones) is 1. The van der Waals surface area contributed by atoms with E-state index in [-0.39, 0.29) is 12.5 Å². The van der Waals surface area contributed by atoms with E-state index < -0.39 is 79.5 Å². The van der Waals surface area contributed by atoms with Crippen molar-refractivity contribution in [3.63, 3.8) is 0 Å². The molecule has 1 heterocycles. The Morgan fingerprint density at radius 3 is 1.88 bits per heavy atom. The largest absolute Gasteiger partial charge is 0.460 e. The number of amides is 2. The molecule has 0 bridgehead atoms. The second-order valence-electron chi connectivity index (χ2n) is 9.15. The lowest BCUT2D eigenvalue weighted by Gasteiger charge is -2.32. The second-order valence-corrected chi connectivity index (χ2v) is 9.15. The van der Waals surface area contributed by atoms with Crippen LogP contribution in [-0.2, 0) is 19.1 Å². The molecular formula is C20H29F6NO5. The molecule has 0 N–H and O–H groups in total. The summed E-state index contributed by atoms with van der Waals surface area (Å²) in [5.74, 6) is -6.40. The Morgan fingerprint density at radius 1 is 1.00 bits per heavy atom. The molecule has 1 aliphatic heterocycles. The van der Waals surface area contributed by atoms with Gasteiger partial charge in [-0.15, -0.1) is 0 Å². The Hall–Kier alpha value is -2.01. The summed E-state index contributed by atoms with van der Waals surface area (Å²) in [4.78, 5) is 38.7. The number of imide groups is 1. The standard InChI is InChI=1S/C20H29F6NO5/c1-11(2)14-10-31-17(30)27(14)15(28)12(6-8-19(21,22)23)13(7-9-20(24,25)26)16(29)32-18(3,4)5/h11-14H,6-10H2,1-5H3/t12-,13-,14-/m1/s1. The number of hydrogen-bond donors (Lipinski definition) is 0. The average molecular weight is 477 g/mol. The minimum absolute atomic E-state index is 0.201. The third-order valence-electron chi connectivity index (χ3n) is 4.90. The van der Waals surface area contributed by atoms with Gasteiger partial charge >= 0.3 is 24.4 Å². The first-order valence-electron chi connectivity index (χ1n) is 10.2. The van der Waals surface area contributed by atoms with Gasteiger partial charge in [0.15, 0.2) is 0 Å². The number of halogens is 6. The Balaban J connectivity index is 3.37. The fourth-order valence-electron chi connectivity index (χ4n) is 3.35. The summed E-state index contributed by atoms with van der Waals surface area (Å²) in [6.45, 7) is 7.40. The van der Waals surface area contributed by atoms with E-state index >= 15 is 0 Å². The van der Waals surface area contributed by atoms with Crippen LogP contribution < -0.4 is 0 Å². The molecule has 12 heteroatoms. The molecule has 0 unspecified atom stereocenters. The molecule has 0 aliphatic carbocycles. The zero-order chi connectivity index (χ0) is 25.1. The third-order valence-corrected chi connectivity index (χ3v) is 4.90. The van der Waals surface area contributed by atoms with Crippen LogP contribution in [-0.4, -0.2) is 53.5 Å². The highest BCUT2D eigenvalue weighted by Gasteiger charge is 2.48. The molecule has 0 aromatic heterocycles. The molecule has 0 aromatic carbocycles. The smallest absolute Gasteiger partial charge is 0.416 e. The van der Waals surface area contributed by atoms with Crippen LogP contribution in [0, 0.1) is 17.8 Å². The number of alkyl halides is 6. The monoisotopic (exact) mass is 477 g/mol. The topological polar surface area (TPSA) is 72.9 Å². The molecule has 1 rings (SSSR count). The van der Waals surface area contributed by atoms with E-state index in [2.05, 4.69) is 0 Å². The van der Waals surface area contributed by atoms with Gasteiger partial charge in [-0.25, -0.2) is 9.69 Å². The van der Waals surface area contributed by atoms with Gasteiger partial charge in [0.2, 0.25) is 5.91 Å². The highest BCUT2D eigenvalue weighted by atomic mass is 19.4. The van der Waals surface area contributed by atoms with Crippen LogP contribution in [0.5, 0.6) is 0 Å². The van der Waals surface area contributed by atoms with E-state index in [9.17, 15) is 40.7 Å². The van der Waals surface area contributed by atoms with E-state index in [0.29, 0.717) is 4.90 Å². The van der Waals surface area contributed by atoms with Crippen LogP contribution in [0.4, 0.5) is 31.1 Å². The fraction of sp³-hybridized carbons (Fsp3) is 0.850. The normalized spacial score (nSPS) is 19.7.